The molecule has 30 heavy (non-hydrogen) atoms. The molecule has 0 atom stereocenters. The maximum Gasteiger partial charge on any atom is 0.244 e. The highest BCUT2D eigenvalue weighted by atomic mass is 32.2. The van der Waals surface area contributed by atoms with E-state index in [9.17, 15) is 8.42 Å². The molecule has 0 spiro atoms. The molecule has 0 unspecified atom stereocenters. The van der Waals surface area contributed by atoms with Crippen LogP contribution in [0.5, 0.6) is 0 Å². The molecule has 2 aromatic rings. The van der Waals surface area contributed by atoms with Crippen LogP contribution in [0.1, 0.15) is 24.8 Å². The Kier molecular flexibility index (Phi) is 6.71. The van der Waals surface area contributed by atoms with Gasteiger partial charge in [0, 0.05) is 38.9 Å². The maximum absolute atomic E-state index is 13.1. The van der Waals surface area contributed by atoms with E-state index >= 15 is 0 Å². The molecule has 0 N–H and O–H groups in total. The van der Waals surface area contributed by atoms with Crippen molar-refractivity contribution in [3.05, 3.63) is 54.2 Å². The molecule has 0 aliphatic carbocycles. The Balaban J connectivity index is 1.36. The highest BCUT2D eigenvalue weighted by Gasteiger charge is 2.30. The number of likely N-dealkylation sites (N-methyl/N-ethyl adjacent to an activating group) is 1. The second-order valence-corrected chi connectivity index (χ2v) is 10.5. The van der Waals surface area contributed by atoms with Gasteiger partial charge in [-0.2, -0.15) is 4.31 Å². The van der Waals surface area contributed by atoms with Crippen LogP contribution >= 0.6 is 0 Å². The lowest BCUT2D eigenvalue weighted by Gasteiger charge is -2.31. The number of hydrogen-bond donors (Lipinski definition) is 0. The van der Waals surface area contributed by atoms with E-state index in [1.165, 1.54) is 11.8 Å². The van der Waals surface area contributed by atoms with Crippen LogP contribution in [-0.4, -0.2) is 68.9 Å². The number of benzene rings is 1. The van der Waals surface area contributed by atoms with Crippen LogP contribution in [0, 0.1) is 5.92 Å². The van der Waals surface area contributed by atoms with Gasteiger partial charge < -0.3 is 9.80 Å². The Morgan fingerprint density at radius 3 is 2.40 bits per heavy atom. The molecule has 0 bridgehead atoms. The van der Waals surface area contributed by atoms with Gasteiger partial charge in [0.1, 0.15) is 10.7 Å². The van der Waals surface area contributed by atoms with Gasteiger partial charge in [-0.3, -0.25) is 0 Å². The normalized spacial score (nSPS) is 20.2. The molecule has 4 rings (SSSR count). The summed E-state index contributed by atoms with van der Waals surface area (Å²) in [5.41, 5.74) is 1.33. The van der Waals surface area contributed by atoms with E-state index in [4.69, 9.17) is 0 Å². The van der Waals surface area contributed by atoms with Crippen molar-refractivity contribution >= 4 is 15.8 Å². The van der Waals surface area contributed by atoms with Crippen LogP contribution < -0.4 is 4.90 Å². The van der Waals surface area contributed by atoms with Crippen molar-refractivity contribution in [3.63, 3.8) is 0 Å². The molecule has 0 amide bonds. The maximum atomic E-state index is 13.1. The Hall–Kier alpha value is -1.96. The number of anilines is 1. The standard InChI is InChI=1S/C23H32N4O2S/c1-25-12-5-13-26(17-16-25)23-9-8-22(19-24-23)30(28,29)27-14-10-21(11-15-27)18-20-6-3-2-4-7-20/h2-4,6-9,19,21H,5,10-18H2,1H3. The molecule has 1 aromatic heterocycles. The minimum absolute atomic E-state index is 0.305. The number of sulfonamides is 1. The summed E-state index contributed by atoms with van der Waals surface area (Å²) >= 11 is 0. The summed E-state index contributed by atoms with van der Waals surface area (Å²) in [5.74, 6) is 1.41. The second-order valence-electron chi connectivity index (χ2n) is 8.53. The smallest absolute Gasteiger partial charge is 0.244 e. The van der Waals surface area contributed by atoms with E-state index in [1.807, 2.05) is 12.1 Å². The SMILES string of the molecule is CN1CCCN(c2ccc(S(=O)(=O)N3CCC(Cc4ccccc4)CC3)cn2)CC1. The third-order valence-electron chi connectivity index (χ3n) is 6.34. The summed E-state index contributed by atoms with van der Waals surface area (Å²) in [6, 6.07) is 14.0. The van der Waals surface area contributed by atoms with Gasteiger partial charge in [-0.1, -0.05) is 30.3 Å². The number of nitrogens with zero attached hydrogens (tertiary/aromatic N) is 4. The van der Waals surface area contributed by atoms with E-state index in [0.717, 1.165) is 57.7 Å². The van der Waals surface area contributed by atoms with Crippen LogP contribution in [0.15, 0.2) is 53.6 Å². The Labute approximate surface area is 180 Å². The first-order valence-corrected chi connectivity index (χ1v) is 12.4. The first-order chi connectivity index (χ1) is 14.5. The molecule has 162 valence electrons. The van der Waals surface area contributed by atoms with Crippen molar-refractivity contribution < 1.29 is 8.42 Å². The van der Waals surface area contributed by atoms with Crippen LogP contribution in [0.2, 0.25) is 0 Å². The third kappa shape index (κ3) is 5.02. The van der Waals surface area contributed by atoms with Gasteiger partial charge in [0.25, 0.3) is 0 Å². The number of piperidine rings is 1. The van der Waals surface area contributed by atoms with E-state index < -0.39 is 10.0 Å². The van der Waals surface area contributed by atoms with Crippen LogP contribution in [-0.2, 0) is 16.4 Å². The Morgan fingerprint density at radius 2 is 1.70 bits per heavy atom. The monoisotopic (exact) mass is 428 g/mol. The van der Waals surface area contributed by atoms with Gasteiger partial charge in [-0.25, -0.2) is 13.4 Å². The summed E-state index contributed by atoms with van der Waals surface area (Å²) in [4.78, 5) is 9.37. The minimum Gasteiger partial charge on any atom is -0.355 e. The third-order valence-corrected chi connectivity index (χ3v) is 8.22. The van der Waals surface area contributed by atoms with Gasteiger partial charge in [0.05, 0.1) is 0 Å². The van der Waals surface area contributed by atoms with Crippen molar-refractivity contribution in [2.75, 3.05) is 51.2 Å². The summed E-state index contributed by atoms with van der Waals surface area (Å²) < 4.78 is 27.8. The van der Waals surface area contributed by atoms with E-state index in [2.05, 4.69) is 46.1 Å². The van der Waals surface area contributed by atoms with Crippen molar-refractivity contribution in [1.29, 1.82) is 0 Å². The molecule has 3 heterocycles. The van der Waals surface area contributed by atoms with Gasteiger partial charge in [0.15, 0.2) is 0 Å². The summed E-state index contributed by atoms with van der Waals surface area (Å²) in [6.07, 6.45) is 5.46. The van der Waals surface area contributed by atoms with Gasteiger partial charge in [-0.05, 0) is 62.9 Å². The molecule has 0 saturated carbocycles. The lowest BCUT2D eigenvalue weighted by Crippen LogP contribution is -2.39. The van der Waals surface area contributed by atoms with E-state index in [-0.39, 0.29) is 0 Å². The number of aromatic nitrogens is 1. The quantitative estimate of drug-likeness (QED) is 0.733. The molecule has 7 heteroatoms. The Bertz CT molecular complexity index is 910. The molecular formula is C23H32N4O2S. The summed E-state index contributed by atoms with van der Waals surface area (Å²) in [5, 5.41) is 0. The molecule has 2 saturated heterocycles. The molecule has 2 fully saturated rings. The molecule has 1 aromatic carbocycles. The second kappa shape index (κ2) is 9.45. The van der Waals surface area contributed by atoms with Crippen molar-refractivity contribution in [3.8, 4) is 0 Å². The average molecular weight is 429 g/mol. The topological polar surface area (TPSA) is 56.8 Å². The minimum atomic E-state index is -3.48. The van der Waals surface area contributed by atoms with Crippen LogP contribution in [0.25, 0.3) is 0 Å². The number of rotatable bonds is 5. The predicted octanol–water partition coefficient (Wildman–Crippen LogP) is 2.87. The average Bonchev–Trinajstić information content (AvgIpc) is 2.99. The number of hydrogen-bond acceptors (Lipinski definition) is 5. The fourth-order valence-corrected chi connectivity index (χ4v) is 5.85. The first kappa shape index (κ1) is 21.3. The van der Waals surface area contributed by atoms with Crippen LogP contribution in [0.3, 0.4) is 0 Å². The lowest BCUT2D eigenvalue weighted by molar-refractivity contribution is 0.273. The van der Waals surface area contributed by atoms with Crippen molar-refractivity contribution in [2.45, 2.75) is 30.6 Å². The molecule has 6 nitrogen and oxygen atoms in total. The highest BCUT2D eigenvalue weighted by molar-refractivity contribution is 7.89. The zero-order chi connectivity index (χ0) is 21.0. The number of pyridine rings is 1. The fraction of sp³-hybridized carbons (Fsp3) is 0.522. The zero-order valence-electron chi connectivity index (χ0n) is 17.8. The zero-order valence-corrected chi connectivity index (χ0v) is 18.6. The summed E-state index contributed by atoms with van der Waals surface area (Å²) in [6.45, 7) is 5.13. The van der Waals surface area contributed by atoms with Crippen molar-refractivity contribution in [1.82, 2.24) is 14.2 Å². The highest BCUT2D eigenvalue weighted by Crippen LogP contribution is 2.26. The first-order valence-electron chi connectivity index (χ1n) is 11.0. The van der Waals surface area contributed by atoms with Gasteiger partial charge >= 0.3 is 0 Å². The van der Waals surface area contributed by atoms with Crippen molar-refractivity contribution in [2.24, 2.45) is 5.92 Å². The van der Waals surface area contributed by atoms with Crippen LogP contribution in [0.4, 0.5) is 5.82 Å². The molecular weight excluding hydrogens is 396 g/mol. The van der Waals surface area contributed by atoms with E-state index in [1.54, 1.807) is 10.4 Å². The Morgan fingerprint density at radius 1 is 0.933 bits per heavy atom. The molecule has 0 radical (unpaired) electrons. The van der Waals surface area contributed by atoms with E-state index in [0.29, 0.717) is 23.9 Å². The fourth-order valence-electron chi connectivity index (χ4n) is 4.44. The molecule has 2 aliphatic rings. The largest absolute Gasteiger partial charge is 0.355 e. The van der Waals surface area contributed by atoms with Gasteiger partial charge in [0.2, 0.25) is 10.0 Å². The lowest BCUT2D eigenvalue weighted by atomic mass is 9.91. The summed E-state index contributed by atoms with van der Waals surface area (Å²) in [7, 11) is -1.34. The van der Waals surface area contributed by atoms with Gasteiger partial charge in [-0.15, -0.1) is 0 Å². The predicted molar refractivity (Wildman–Crippen MR) is 120 cm³/mol. The molecule has 2 aliphatic heterocycles.